The molecule has 0 atom stereocenters. The maximum Gasteiger partial charge on any atom is 0.303 e. The lowest BCUT2D eigenvalue weighted by atomic mass is 10.1. The molecule has 4 heteroatoms. The van der Waals surface area contributed by atoms with Crippen molar-refractivity contribution in [2.24, 2.45) is 0 Å². The standard InChI is InChI=1S/C8H5NO.C3H6O2/c9-5-7-3-1-2-4-8(7)6-10;1-2-3(4)5/h1-4,6H;2H2,1H3,(H,4,5). The van der Waals surface area contributed by atoms with E-state index in [0.29, 0.717) is 17.4 Å². The van der Waals surface area contributed by atoms with Gasteiger partial charge in [-0.2, -0.15) is 5.26 Å². The number of nitrogens with zero attached hydrogens (tertiary/aromatic N) is 1. The van der Waals surface area contributed by atoms with Crippen LogP contribution in [-0.4, -0.2) is 17.4 Å². The number of benzene rings is 1. The third kappa shape index (κ3) is 5.21. The molecular weight excluding hydrogens is 194 g/mol. The number of aldehydes is 1. The van der Waals surface area contributed by atoms with Gasteiger partial charge < -0.3 is 5.11 Å². The molecule has 0 heterocycles. The smallest absolute Gasteiger partial charge is 0.303 e. The van der Waals surface area contributed by atoms with Gasteiger partial charge in [0.25, 0.3) is 0 Å². The predicted molar refractivity (Wildman–Crippen MR) is 54.5 cm³/mol. The van der Waals surface area contributed by atoms with Crippen LogP contribution < -0.4 is 0 Å². The molecule has 0 saturated heterocycles. The summed E-state index contributed by atoms with van der Waals surface area (Å²) in [5.41, 5.74) is 0.877. The van der Waals surface area contributed by atoms with E-state index in [2.05, 4.69) is 0 Å². The Labute approximate surface area is 87.8 Å². The highest BCUT2D eigenvalue weighted by Crippen LogP contribution is 2.02. The number of hydrogen-bond acceptors (Lipinski definition) is 3. The van der Waals surface area contributed by atoms with Gasteiger partial charge in [0.2, 0.25) is 0 Å². The summed E-state index contributed by atoms with van der Waals surface area (Å²) in [5, 5.41) is 16.2. The van der Waals surface area contributed by atoms with Gasteiger partial charge in [-0.15, -0.1) is 0 Å². The fraction of sp³-hybridized carbons (Fsp3) is 0.182. The molecule has 0 aliphatic heterocycles. The van der Waals surface area contributed by atoms with Crippen molar-refractivity contribution in [1.82, 2.24) is 0 Å². The van der Waals surface area contributed by atoms with E-state index in [4.69, 9.17) is 10.4 Å². The van der Waals surface area contributed by atoms with Crippen LogP contribution in [0.25, 0.3) is 0 Å². The van der Waals surface area contributed by atoms with Crippen molar-refractivity contribution in [3.63, 3.8) is 0 Å². The molecule has 0 radical (unpaired) electrons. The summed E-state index contributed by atoms with van der Waals surface area (Å²) in [5.74, 6) is -0.745. The van der Waals surface area contributed by atoms with Crippen molar-refractivity contribution >= 4 is 12.3 Å². The summed E-state index contributed by atoms with van der Waals surface area (Å²) < 4.78 is 0. The fourth-order valence-electron chi connectivity index (χ4n) is 0.702. The van der Waals surface area contributed by atoms with Crippen LogP contribution in [0.3, 0.4) is 0 Å². The van der Waals surface area contributed by atoms with E-state index in [9.17, 15) is 9.59 Å². The first-order valence-corrected chi connectivity index (χ1v) is 4.31. The zero-order chi connectivity index (χ0) is 11.7. The predicted octanol–water partition coefficient (Wildman–Crippen LogP) is 1.85. The molecule has 1 rings (SSSR count). The number of hydrogen-bond donors (Lipinski definition) is 1. The minimum absolute atomic E-state index is 0.222. The van der Waals surface area contributed by atoms with Gasteiger partial charge in [-0.3, -0.25) is 9.59 Å². The second-order valence-electron chi connectivity index (χ2n) is 2.56. The molecule has 0 aliphatic rings. The van der Waals surface area contributed by atoms with Crippen molar-refractivity contribution in [3.8, 4) is 6.07 Å². The van der Waals surface area contributed by atoms with Gasteiger partial charge in [-0.1, -0.05) is 25.1 Å². The van der Waals surface area contributed by atoms with Gasteiger partial charge >= 0.3 is 5.97 Å². The summed E-state index contributed by atoms with van der Waals surface area (Å²) in [7, 11) is 0. The number of carbonyl (C=O) groups is 2. The fourth-order valence-corrected chi connectivity index (χ4v) is 0.702. The van der Waals surface area contributed by atoms with Crippen molar-refractivity contribution < 1.29 is 14.7 Å². The summed E-state index contributed by atoms with van der Waals surface area (Å²) >= 11 is 0. The second kappa shape index (κ2) is 7.27. The van der Waals surface area contributed by atoms with E-state index in [1.807, 2.05) is 6.07 Å². The summed E-state index contributed by atoms with van der Waals surface area (Å²) in [4.78, 5) is 19.6. The Morgan fingerprint density at radius 3 is 2.40 bits per heavy atom. The number of carbonyl (C=O) groups excluding carboxylic acids is 1. The Bertz CT molecular complexity index is 380. The lowest BCUT2D eigenvalue weighted by Gasteiger charge is -1.89. The Morgan fingerprint density at radius 1 is 1.53 bits per heavy atom. The third-order valence-electron chi connectivity index (χ3n) is 1.51. The number of carboxylic acids is 1. The van der Waals surface area contributed by atoms with Crippen molar-refractivity contribution in [2.45, 2.75) is 13.3 Å². The van der Waals surface area contributed by atoms with Crippen LogP contribution in [0.4, 0.5) is 0 Å². The maximum absolute atomic E-state index is 10.2. The van der Waals surface area contributed by atoms with E-state index in [-0.39, 0.29) is 6.42 Å². The average molecular weight is 205 g/mol. The second-order valence-corrected chi connectivity index (χ2v) is 2.56. The van der Waals surface area contributed by atoms with Gasteiger partial charge in [0.1, 0.15) is 0 Å². The van der Waals surface area contributed by atoms with E-state index in [1.165, 1.54) is 0 Å². The molecule has 78 valence electrons. The van der Waals surface area contributed by atoms with Crippen LogP contribution >= 0.6 is 0 Å². The van der Waals surface area contributed by atoms with Crippen LogP contribution in [0.15, 0.2) is 24.3 Å². The highest BCUT2D eigenvalue weighted by molar-refractivity contribution is 5.78. The SMILES string of the molecule is CCC(=O)O.N#Cc1ccccc1C=O. The lowest BCUT2D eigenvalue weighted by Crippen LogP contribution is -1.86. The monoisotopic (exact) mass is 205 g/mol. The normalized spacial score (nSPS) is 8.00. The number of carboxylic acid groups (broad SMARTS) is 1. The summed E-state index contributed by atoms with van der Waals surface area (Å²) in [6.45, 7) is 1.60. The molecule has 1 aromatic carbocycles. The Kier molecular flexibility index (Phi) is 6.23. The van der Waals surface area contributed by atoms with Crippen LogP contribution in [0.5, 0.6) is 0 Å². The molecule has 0 unspecified atom stereocenters. The molecule has 0 aromatic heterocycles. The van der Waals surface area contributed by atoms with E-state index < -0.39 is 5.97 Å². The number of nitriles is 1. The van der Waals surface area contributed by atoms with Crippen LogP contribution in [-0.2, 0) is 4.79 Å². The van der Waals surface area contributed by atoms with Gasteiger partial charge in [0, 0.05) is 12.0 Å². The molecule has 0 spiro atoms. The highest BCUT2D eigenvalue weighted by Gasteiger charge is 1.95. The van der Waals surface area contributed by atoms with Crippen LogP contribution in [0.2, 0.25) is 0 Å². The van der Waals surface area contributed by atoms with Crippen LogP contribution in [0.1, 0.15) is 29.3 Å². The molecule has 1 N–H and O–H groups in total. The molecule has 1 aromatic rings. The minimum Gasteiger partial charge on any atom is -0.481 e. The highest BCUT2D eigenvalue weighted by atomic mass is 16.4. The molecule has 0 saturated carbocycles. The van der Waals surface area contributed by atoms with Crippen molar-refractivity contribution in [2.75, 3.05) is 0 Å². The van der Waals surface area contributed by atoms with E-state index >= 15 is 0 Å². The number of aliphatic carboxylic acids is 1. The first kappa shape index (κ1) is 12.8. The first-order valence-electron chi connectivity index (χ1n) is 4.31. The van der Waals surface area contributed by atoms with Gasteiger partial charge in [-0.25, -0.2) is 0 Å². The molecule has 0 amide bonds. The Hall–Kier alpha value is -2.15. The molecule has 0 bridgehead atoms. The molecule has 0 aliphatic carbocycles. The zero-order valence-electron chi connectivity index (χ0n) is 8.30. The topological polar surface area (TPSA) is 78.2 Å². The minimum atomic E-state index is -0.745. The Morgan fingerprint density at radius 2 is 2.07 bits per heavy atom. The average Bonchev–Trinajstić information content (AvgIpc) is 2.29. The van der Waals surface area contributed by atoms with Crippen LogP contribution in [0, 0.1) is 11.3 Å². The number of rotatable bonds is 2. The maximum atomic E-state index is 10.2. The quantitative estimate of drug-likeness (QED) is 0.747. The zero-order valence-corrected chi connectivity index (χ0v) is 8.30. The Balaban J connectivity index is 0.000000336. The van der Waals surface area contributed by atoms with E-state index in [0.717, 1.165) is 0 Å². The van der Waals surface area contributed by atoms with Crippen molar-refractivity contribution in [3.05, 3.63) is 35.4 Å². The van der Waals surface area contributed by atoms with Crippen molar-refractivity contribution in [1.29, 1.82) is 5.26 Å². The van der Waals surface area contributed by atoms with Gasteiger partial charge in [0.05, 0.1) is 11.6 Å². The third-order valence-corrected chi connectivity index (χ3v) is 1.51. The molecule has 0 fully saturated rings. The molecule has 4 nitrogen and oxygen atoms in total. The summed E-state index contributed by atoms with van der Waals surface area (Å²) in [6, 6.07) is 8.60. The van der Waals surface area contributed by atoms with Gasteiger partial charge in [0.15, 0.2) is 6.29 Å². The molecule has 15 heavy (non-hydrogen) atoms. The first-order chi connectivity index (χ1) is 7.15. The summed E-state index contributed by atoms with van der Waals surface area (Å²) in [6.07, 6.45) is 0.901. The lowest BCUT2D eigenvalue weighted by molar-refractivity contribution is -0.136. The van der Waals surface area contributed by atoms with E-state index in [1.54, 1.807) is 31.2 Å². The van der Waals surface area contributed by atoms with Gasteiger partial charge in [-0.05, 0) is 6.07 Å². The largest absolute Gasteiger partial charge is 0.481 e. The molecular formula is C11H11NO3.